The first-order valence-electron chi connectivity index (χ1n) is 7.82. The molecular formula is C17H21N3OS. The molecule has 0 atom stereocenters. The van der Waals surface area contributed by atoms with Crippen LogP contribution in [0, 0.1) is 5.92 Å². The van der Waals surface area contributed by atoms with E-state index in [0.717, 1.165) is 54.3 Å². The molecule has 116 valence electrons. The molecule has 1 aliphatic rings. The molecule has 1 saturated carbocycles. The van der Waals surface area contributed by atoms with Gasteiger partial charge in [-0.25, -0.2) is 4.98 Å². The fourth-order valence-electron chi connectivity index (χ4n) is 2.24. The van der Waals surface area contributed by atoms with Gasteiger partial charge in [0.05, 0.1) is 10.7 Å². The van der Waals surface area contributed by atoms with Crippen LogP contribution in [0.2, 0.25) is 0 Å². The Labute approximate surface area is 135 Å². The summed E-state index contributed by atoms with van der Waals surface area (Å²) < 4.78 is 0. The van der Waals surface area contributed by atoms with E-state index in [1.807, 2.05) is 24.3 Å². The molecule has 3 rings (SSSR count). The van der Waals surface area contributed by atoms with Gasteiger partial charge in [-0.15, -0.1) is 11.3 Å². The van der Waals surface area contributed by atoms with Crippen molar-refractivity contribution in [3.63, 3.8) is 0 Å². The van der Waals surface area contributed by atoms with Crippen molar-refractivity contribution in [2.45, 2.75) is 26.2 Å². The number of likely N-dealkylation sites (N-methyl/N-ethyl adjacent to an activating group) is 1. The van der Waals surface area contributed by atoms with Gasteiger partial charge in [0.15, 0.2) is 0 Å². The number of rotatable bonds is 7. The molecule has 0 bridgehead atoms. The standard InChI is InChI=1S/C17H21N3OS/c1-2-18-10-9-16-20-15(11-22-16)12-5-7-14(8-6-12)19-17(21)13-3-4-13/h5-8,11,13,18H,2-4,9-10H2,1H3,(H,19,21). The van der Waals surface area contributed by atoms with E-state index in [4.69, 9.17) is 0 Å². The first-order valence-corrected chi connectivity index (χ1v) is 8.70. The molecule has 1 aromatic carbocycles. The van der Waals surface area contributed by atoms with Gasteiger partial charge in [-0.05, 0) is 31.5 Å². The average Bonchev–Trinajstić information content (AvgIpc) is 3.28. The third kappa shape index (κ3) is 3.93. The second-order valence-electron chi connectivity index (χ2n) is 5.57. The van der Waals surface area contributed by atoms with Gasteiger partial charge < -0.3 is 10.6 Å². The Kier molecular flexibility index (Phi) is 4.85. The van der Waals surface area contributed by atoms with Crippen LogP contribution in [-0.2, 0) is 11.2 Å². The predicted molar refractivity (Wildman–Crippen MR) is 91.2 cm³/mol. The molecule has 1 amide bonds. The second kappa shape index (κ2) is 7.03. The third-order valence-electron chi connectivity index (χ3n) is 3.71. The molecule has 22 heavy (non-hydrogen) atoms. The van der Waals surface area contributed by atoms with Gasteiger partial charge in [0, 0.05) is 35.5 Å². The lowest BCUT2D eigenvalue weighted by atomic mass is 10.1. The number of nitrogens with one attached hydrogen (secondary N) is 2. The van der Waals surface area contributed by atoms with Gasteiger partial charge in [0.1, 0.15) is 0 Å². The number of carbonyl (C=O) groups is 1. The number of amides is 1. The van der Waals surface area contributed by atoms with Gasteiger partial charge in [-0.3, -0.25) is 4.79 Å². The van der Waals surface area contributed by atoms with Crippen LogP contribution in [0.1, 0.15) is 24.8 Å². The molecule has 5 heteroatoms. The predicted octanol–water partition coefficient (Wildman–Crippen LogP) is 3.31. The number of nitrogens with zero attached hydrogens (tertiary/aromatic N) is 1. The summed E-state index contributed by atoms with van der Waals surface area (Å²) in [6.07, 6.45) is 3.02. The summed E-state index contributed by atoms with van der Waals surface area (Å²) >= 11 is 1.70. The summed E-state index contributed by atoms with van der Waals surface area (Å²) in [7, 11) is 0. The molecule has 1 aromatic heterocycles. The molecule has 0 radical (unpaired) electrons. The number of anilines is 1. The zero-order valence-electron chi connectivity index (χ0n) is 12.8. The Bertz CT molecular complexity index is 632. The minimum atomic E-state index is 0.145. The minimum absolute atomic E-state index is 0.145. The van der Waals surface area contributed by atoms with Crippen LogP contribution >= 0.6 is 11.3 Å². The number of benzene rings is 1. The molecule has 0 unspecified atom stereocenters. The molecule has 1 heterocycles. The first kappa shape index (κ1) is 15.2. The van der Waals surface area contributed by atoms with Crippen LogP contribution in [0.4, 0.5) is 5.69 Å². The summed E-state index contributed by atoms with van der Waals surface area (Å²) in [4.78, 5) is 16.4. The lowest BCUT2D eigenvalue weighted by molar-refractivity contribution is -0.117. The number of aromatic nitrogens is 1. The van der Waals surface area contributed by atoms with Gasteiger partial charge in [0.25, 0.3) is 0 Å². The summed E-state index contributed by atoms with van der Waals surface area (Å²) in [5.41, 5.74) is 2.97. The van der Waals surface area contributed by atoms with Crippen LogP contribution in [0.15, 0.2) is 29.6 Å². The van der Waals surface area contributed by atoms with Crippen molar-refractivity contribution in [2.75, 3.05) is 18.4 Å². The highest BCUT2D eigenvalue weighted by molar-refractivity contribution is 7.09. The number of hydrogen-bond donors (Lipinski definition) is 2. The number of carbonyl (C=O) groups excluding carboxylic acids is 1. The molecular weight excluding hydrogens is 294 g/mol. The highest BCUT2D eigenvalue weighted by Gasteiger charge is 2.29. The summed E-state index contributed by atoms with van der Waals surface area (Å²) in [5, 5.41) is 9.52. The highest BCUT2D eigenvalue weighted by atomic mass is 32.1. The quantitative estimate of drug-likeness (QED) is 0.771. The fraction of sp³-hybridized carbons (Fsp3) is 0.412. The summed E-state index contributed by atoms with van der Waals surface area (Å²) in [5.74, 6) is 0.379. The minimum Gasteiger partial charge on any atom is -0.326 e. The van der Waals surface area contributed by atoms with Crippen LogP contribution in [0.3, 0.4) is 0 Å². The Morgan fingerprint density at radius 3 is 2.77 bits per heavy atom. The van der Waals surface area contributed by atoms with Crippen molar-refractivity contribution in [3.05, 3.63) is 34.7 Å². The Hall–Kier alpha value is -1.72. The smallest absolute Gasteiger partial charge is 0.227 e. The van der Waals surface area contributed by atoms with Crippen LogP contribution in [-0.4, -0.2) is 24.0 Å². The van der Waals surface area contributed by atoms with E-state index in [1.165, 1.54) is 0 Å². The maximum absolute atomic E-state index is 11.7. The average molecular weight is 315 g/mol. The SMILES string of the molecule is CCNCCc1nc(-c2ccc(NC(=O)C3CC3)cc2)cs1. The van der Waals surface area contributed by atoms with E-state index in [1.54, 1.807) is 11.3 Å². The van der Waals surface area contributed by atoms with Crippen molar-refractivity contribution in [2.24, 2.45) is 5.92 Å². The van der Waals surface area contributed by atoms with E-state index in [2.05, 4.69) is 27.9 Å². The Morgan fingerprint density at radius 1 is 1.32 bits per heavy atom. The second-order valence-corrected chi connectivity index (χ2v) is 6.51. The van der Waals surface area contributed by atoms with Gasteiger partial charge >= 0.3 is 0 Å². The summed E-state index contributed by atoms with van der Waals surface area (Å²) in [6.45, 7) is 4.07. The largest absolute Gasteiger partial charge is 0.326 e. The van der Waals surface area contributed by atoms with Crippen molar-refractivity contribution in [3.8, 4) is 11.3 Å². The van der Waals surface area contributed by atoms with Crippen molar-refractivity contribution >= 4 is 22.9 Å². The normalized spacial score (nSPS) is 14.0. The number of thiazole rings is 1. The van der Waals surface area contributed by atoms with E-state index < -0.39 is 0 Å². The maximum Gasteiger partial charge on any atom is 0.227 e. The van der Waals surface area contributed by atoms with Crippen LogP contribution in [0.25, 0.3) is 11.3 Å². The van der Waals surface area contributed by atoms with E-state index >= 15 is 0 Å². The van der Waals surface area contributed by atoms with Crippen molar-refractivity contribution < 1.29 is 4.79 Å². The molecule has 0 spiro atoms. The Balaban J connectivity index is 1.61. The zero-order chi connectivity index (χ0) is 15.4. The van der Waals surface area contributed by atoms with Crippen molar-refractivity contribution in [1.82, 2.24) is 10.3 Å². The Morgan fingerprint density at radius 2 is 2.09 bits per heavy atom. The third-order valence-corrected chi connectivity index (χ3v) is 4.62. The van der Waals surface area contributed by atoms with Crippen molar-refractivity contribution in [1.29, 1.82) is 0 Å². The molecule has 2 aromatic rings. The highest BCUT2D eigenvalue weighted by Crippen LogP contribution is 2.30. The monoisotopic (exact) mass is 315 g/mol. The molecule has 1 fully saturated rings. The molecule has 1 aliphatic carbocycles. The lowest BCUT2D eigenvalue weighted by Crippen LogP contribution is -2.15. The molecule has 4 nitrogen and oxygen atoms in total. The van der Waals surface area contributed by atoms with Crippen LogP contribution in [0.5, 0.6) is 0 Å². The van der Waals surface area contributed by atoms with E-state index in [-0.39, 0.29) is 11.8 Å². The molecule has 0 saturated heterocycles. The van der Waals surface area contributed by atoms with Gasteiger partial charge in [-0.1, -0.05) is 19.1 Å². The topological polar surface area (TPSA) is 54.0 Å². The fourth-order valence-corrected chi connectivity index (χ4v) is 3.05. The molecule has 0 aliphatic heterocycles. The lowest BCUT2D eigenvalue weighted by Gasteiger charge is -2.04. The van der Waals surface area contributed by atoms with E-state index in [9.17, 15) is 4.79 Å². The molecule has 2 N–H and O–H groups in total. The zero-order valence-corrected chi connectivity index (χ0v) is 13.6. The van der Waals surface area contributed by atoms with Gasteiger partial charge in [-0.2, -0.15) is 0 Å². The maximum atomic E-state index is 11.7. The first-order chi connectivity index (χ1) is 10.8. The number of hydrogen-bond acceptors (Lipinski definition) is 4. The van der Waals surface area contributed by atoms with E-state index in [0.29, 0.717) is 0 Å². The summed E-state index contributed by atoms with van der Waals surface area (Å²) in [6, 6.07) is 7.94. The van der Waals surface area contributed by atoms with Crippen LogP contribution < -0.4 is 10.6 Å². The van der Waals surface area contributed by atoms with Gasteiger partial charge in [0.2, 0.25) is 5.91 Å².